The number of rotatable bonds is 3. The summed E-state index contributed by atoms with van der Waals surface area (Å²) in [6.07, 6.45) is 2.84. The summed E-state index contributed by atoms with van der Waals surface area (Å²) < 4.78 is 16.8. The molecule has 1 aromatic heterocycles. The Bertz CT molecular complexity index is 825. The molecule has 0 bridgehead atoms. The van der Waals surface area contributed by atoms with Gasteiger partial charge in [-0.15, -0.1) is 0 Å². The molecule has 144 valence electrons. The fourth-order valence-electron chi connectivity index (χ4n) is 4.24. The van der Waals surface area contributed by atoms with E-state index in [2.05, 4.69) is 11.2 Å². The van der Waals surface area contributed by atoms with Crippen molar-refractivity contribution in [3.8, 4) is 11.5 Å². The van der Waals surface area contributed by atoms with E-state index >= 15 is 0 Å². The molecule has 6 heteroatoms. The number of hydrogen-bond donors (Lipinski definition) is 0. The van der Waals surface area contributed by atoms with Crippen LogP contribution < -0.4 is 9.47 Å². The van der Waals surface area contributed by atoms with Crippen molar-refractivity contribution in [3.05, 3.63) is 40.8 Å². The molecular weight excluding hydrogens is 344 g/mol. The van der Waals surface area contributed by atoms with E-state index < -0.39 is 0 Å². The van der Waals surface area contributed by atoms with Gasteiger partial charge in [0.1, 0.15) is 5.76 Å². The van der Waals surface area contributed by atoms with Crippen LogP contribution in [0.5, 0.6) is 11.5 Å². The number of nitrogens with zero attached hydrogens (tertiary/aromatic N) is 2. The van der Waals surface area contributed by atoms with E-state index in [4.69, 9.17) is 14.0 Å². The Morgan fingerprint density at radius 2 is 1.96 bits per heavy atom. The van der Waals surface area contributed by atoms with Crippen molar-refractivity contribution in [2.45, 2.75) is 52.0 Å². The van der Waals surface area contributed by atoms with Gasteiger partial charge in [0.2, 0.25) is 5.91 Å². The minimum atomic E-state index is -0.266. The van der Waals surface area contributed by atoms with E-state index in [1.165, 1.54) is 0 Å². The number of likely N-dealkylation sites (tertiary alicyclic amines) is 1. The Labute approximate surface area is 159 Å². The Morgan fingerprint density at radius 1 is 1.19 bits per heavy atom. The van der Waals surface area contributed by atoms with Gasteiger partial charge in [0.25, 0.3) is 0 Å². The second-order valence-corrected chi connectivity index (χ2v) is 7.41. The molecule has 2 aromatic rings. The summed E-state index contributed by atoms with van der Waals surface area (Å²) in [5.41, 5.74) is 2.81. The van der Waals surface area contributed by atoms with Gasteiger partial charge >= 0.3 is 0 Å². The molecule has 1 saturated heterocycles. The number of fused-ring (bicyclic) bond motifs is 1. The highest BCUT2D eigenvalue weighted by Gasteiger charge is 2.35. The highest BCUT2D eigenvalue weighted by molar-refractivity contribution is 5.84. The van der Waals surface area contributed by atoms with Gasteiger partial charge in [0, 0.05) is 18.5 Å². The van der Waals surface area contributed by atoms with Crippen LogP contribution in [0.1, 0.15) is 60.7 Å². The molecule has 4 rings (SSSR count). The predicted octanol–water partition coefficient (Wildman–Crippen LogP) is 3.92. The van der Waals surface area contributed by atoms with E-state index in [1.54, 1.807) is 0 Å². The largest absolute Gasteiger partial charge is 0.490 e. The van der Waals surface area contributed by atoms with Gasteiger partial charge in [-0.05, 0) is 51.3 Å². The maximum Gasteiger partial charge on any atom is 0.230 e. The summed E-state index contributed by atoms with van der Waals surface area (Å²) in [4.78, 5) is 15.3. The topological polar surface area (TPSA) is 64.8 Å². The summed E-state index contributed by atoms with van der Waals surface area (Å²) in [6, 6.07) is 6.13. The van der Waals surface area contributed by atoms with Crippen molar-refractivity contribution in [2.75, 3.05) is 19.8 Å². The lowest BCUT2D eigenvalue weighted by atomic mass is 9.96. The molecule has 2 atom stereocenters. The highest BCUT2D eigenvalue weighted by Crippen LogP contribution is 2.39. The van der Waals surface area contributed by atoms with Gasteiger partial charge in [-0.1, -0.05) is 11.2 Å². The number of carbonyl (C=O) groups is 1. The minimum absolute atomic E-state index is 0.0672. The smallest absolute Gasteiger partial charge is 0.230 e. The van der Waals surface area contributed by atoms with Crippen LogP contribution in [-0.2, 0) is 4.79 Å². The SMILES string of the molecule is Cc1noc(C)c1[C@@H](C)C(=O)N1CCC[C@H]1c1ccc2c(c1)OCCCO2. The van der Waals surface area contributed by atoms with Crippen molar-refractivity contribution in [2.24, 2.45) is 0 Å². The van der Waals surface area contributed by atoms with Gasteiger partial charge in [0.15, 0.2) is 11.5 Å². The van der Waals surface area contributed by atoms with Gasteiger partial charge in [0.05, 0.1) is 30.9 Å². The molecule has 2 aliphatic rings. The van der Waals surface area contributed by atoms with Crippen molar-refractivity contribution in [1.82, 2.24) is 10.1 Å². The molecule has 6 nitrogen and oxygen atoms in total. The fourth-order valence-corrected chi connectivity index (χ4v) is 4.24. The fraction of sp³-hybridized carbons (Fsp3) is 0.524. The maximum atomic E-state index is 13.3. The van der Waals surface area contributed by atoms with E-state index in [0.717, 1.165) is 59.9 Å². The molecule has 0 spiro atoms. The van der Waals surface area contributed by atoms with E-state index in [0.29, 0.717) is 13.2 Å². The molecule has 2 aliphatic heterocycles. The molecule has 0 unspecified atom stereocenters. The maximum absolute atomic E-state index is 13.3. The molecule has 0 N–H and O–H groups in total. The molecule has 0 radical (unpaired) electrons. The Balaban J connectivity index is 1.59. The zero-order valence-electron chi connectivity index (χ0n) is 16.2. The number of ether oxygens (including phenoxy) is 2. The monoisotopic (exact) mass is 370 g/mol. The number of aryl methyl sites for hydroxylation is 2. The quantitative estimate of drug-likeness (QED) is 0.819. The first-order valence-electron chi connectivity index (χ1n) is 9.69. The second kappa shape index (κ2) is 7.25. The third-order valence-corrected chi connectivity index (χ3v) is 5.58. The normalized spacial score (nSPS) is 20.4. The zero-order valence-corrected chi connectivity index (χ0v) is 16.2. The highest BCUT2D eigenvalue weighted by atomic mass is 16.5. The second-order valence-electron chi connectivity index (χ2n) is 7.41. The van der Waals surface area contributed by atoms with Crippen LogP contribution >= 0.6 is 0 Å². The minimum Gasteiger partial charge on any atom is -0.490 e. The summed E-state index contributed by atoms with van der Waals surface area (Å²) in [6.45, 7) is 7.80. The van der Waals surface area contributed by atoms with Crippen LogP contribution in [0.25, 0.3) is 0 Å². The molecule has 1 amide bonds. The number of benzene rings is 1. The van der Waals surface area contributed by atoms with Crippen molar-refractivity contribution in [3.63, 3.8) is 0 Å². The predicted molar refractivity (Wildman–Crippen MR) is 100 cm³/mol. The first kappa shape index (κ1) is 17.9. The van der Waals surface area contributed by atoms with Crippen LogP contribution in [0, 0.1) is 13.8 Å². The Hall–Kier alpha value is -2.50. The Kier molecular flexibility index (Phi) is 4.81. The van der Waals surface area contributed by atoms with Gasteiger partial charge in [-0.3, -0.25) is 4.79 Å². The lowest BCUT2D eigenvalue weighted by molar-refractivity contribution is -0.133. The standard InChI is InChI=1S/C21H26N2O4/c1-13(20-14(2)22-27-15(20)3)21(24)23-9-4-6-17(23)16-7-8-18-19(12-16)26-11-5-10-25-18/h7-8,12-13,17H,4-6,9-11H2,1-3H3/t13-,17+/m1/s1. The van der Waals surface area contributed by atoms with Gasteiger partial charge < -0.3 is 18.9 Å². The molecule has 27 heavy (non-hydrogen) atoms. The van der Waals surface area contributed by atoms with E-state index in [-0.39, 0.29) is 17.9 Å². The third-order valence-electron chi connectivity index (χ3n) is 5.58. The Morgan fingerprint density at radius 3 is 2.70 bits per heavy atom. The zero-order chi connectivity index (χ0) is 19.0. The number of amides is 1. The molecule has 1 fully saturated rings. The van der Waals surface area contributed by atoms with Crippen molar-refractivity contribution >= 4 is 5.91 Å². The van der Waals surface area contributed by atoms with Crippen molar-refractivity contribution < 1.29 is 18.8 Å². The summed E-state index contributed by atoms with van der Waals surface area (Å²) >= 11 is 0. The average Bonchev–Trinajstić information content (AvgIpc) is 3.20. The molecule has 1 aromatic carbocycles. The molecule has 3 heterocycles. The van der Waals surface area contributed by atoms with E-state index in [1.807, 2.05) is 37.8 Å². The average molecular weight is 370 g/mol. The van der Waals surface area contributed by atoms with Crippen LogP contribution in [0.4, 0.5) is 0 Å². The molecular formula is C21H26N2O4. The lowest BCUT2D eigenvalue weighted by Crippen LogP contribution is -2.34. The van der Waals surface area contributed by atoms with Crippen LogP contribution in [0.3, 0.4) is 0 Å². The number of hydrogen-bond acceptors (Lipinski definition) is 5. The summed E-state index contributed by atoms with van der Waals surface area (Å²) in [7, 11) is 0. The van der Waals surface area contributed by atoms with Crippen LogP contribution in [0.2, 0.25) is 0 Å². The van der Waals surface area contributed by atoms with Crippen LogP contribution in [0.15, 0.2) is 22.7 Å². The van der Waals surface area contributed by atoms with Crippen LogP contribution in [-0.4, -0.2) is 35.7 Å². The van der Waals surface area contributed by atoms with Crippen molar-refractivity contribution in [1.29, 1.82) is 0 Å². The third kappa shape index (κ3) is 3.29. The first-order chi connectivity index (χ1) is 13.1. The summed E-state index contributed by atoms with van der Waals surface area (Å²) in [5.74, 6) is 2.15. The number of carbonyl (C=O) groups excluding carboxylic acids is 1. The van der Waals surface area contributed by atoms with Gasteiger partial charge in [-0.25, -0.2) is 0 Å². The molecule has 0 aliphatic carbocycles. The summed E-state index contributed by atoms with van der Waals surface area (Å²) in [5, 5.41) is 4.00. The van der Waals surface area contributed by atoms with Gasteiger partial charge in [-0.2, -0.15) is 0 Å². The lowest BCUT2D eigenvalue weighted by Gasteiger charge is -2.28. The first-order valence-corrected chi connectivity index (χ1v) is 9.69. The van der Waals surface area contributed by atoms with E-state index in [9.17, 15) is 4.79 Å². The molecule has 0 saturated carbocycles. The number of aromatic nitrogens is 1.